The van der Waals surface area contributed by atoms with E-state index in [2.05, 4.69) is 10.2 Å². The molecule has 2 heterocycles. The Kier molecular flexibility index (Phi) is 5.29. The molecule has 6 nitrogen and oxygen atoms in total. The zero-order valence-corrected chi connectivity index (χ0v) is 16.1. The van der Waals surface area contributed by atoms with Gasteiger partial charge in [0, 0.05) is 19.5 Å². The summed E-state index contributed by atoms with van der Waals surface area (Å²) in [4.78, 5) is 14.7. The summed E-state index contributed by atoms with van der Waals surface area (Å²) in [6.07, 6.45) is 4.00. The van der Waals surface area contributed by atoms with E-state index in [9.17, 15) is 4.79 Å². The smallest absolute Gasteiger partial charge is 0.233 e. The third kappa shape index (κ3) is 4.42. The summed E-state index contributed by atoms with van der Waals surface area (Å²) in [5.74, 6) is 2.72. The minimum Gasteiger partial charge on any atom is -0.467 e. The van der Waals surface area contributed by atoms with Gasteiger partial charge in [-0.3, -0.25) is 4.79 Å². The highest BCUT2D eigenvalue weighted by atomic mass is 32.2. The van der Waals surface area contributed by atoms with Crippen molar-refractivity contribution < 1.29 is 9.21 Å². The quantitative estimate of drug-likeness (QED) is 0.557. The third-order valence-electron chi connectivity index (χ3n) is 4.63. The summed E-state index contributed by atoms with van der Waals surface area (Å²) in [6.45, 7) is 1.00. The standard InChI is InChI=1S/C20H22N4O2S/c1-23-19(16-9-10-16)21-22-20(23)27-14-18(25)24(13-17-8-5-11-26-17)12-15-6-3-2-4-7-15/h2-8,11,16H,9-10,12-14H2,1H3. The van der Waals surface area contributed by atoms with Crippen LogP contribution in [0.4, 0.5) is 0 Å². The minimum absolute atomic E-state index is 0.0521. The Morgan fingerprint density at radius 1 is 1.19 bits per heavy atom. The van der Waals surface area contributed by atoms with E-state index in [0.717, 1.165) is 22.3 Å². The lowest BCUT2D eigenvalue weighted by molar-refractivity contribution is -0.129. The molecule has 1 aliphatic carbocycles. The van der Waals surface area contributed by atoms with E-state index in [1.165, 1.54) is 24.6 Å². The average molecular weight is 382 g/mol. The summed E-state index contributed by atoms with van der Waals surface area (Å²) in [5, 5.41) is 9.33. The first-order chi connectivity index (χ1) is 13.2. The van der Waals surface area contributed by atoms with Gasteiger partial charge in [-0.25, -0.2) is 0 Å². The fourth-order valence-electron chi connectivity index (χ4n) is 2.99. The number of hydrogen-bond acceptors (Lipinski definition) is 5. The SMILES string of the molecule is Cn1c(SCC(=O)N(Cc2ccccc2)Cc2ccco2)nnc1C1CC1. The molecule has 1 amide bonds. The number of hydrogen-bond donors (Lipinski definition) is 0. The summed E-state index contributed by atoms with van der Waals surface area (Å²) < 4.78 is 7.46. The Hall–Kier alpha value is -2.54. The topological polar surface area (TPSA) is 64.2 Å². The normalized spacial score (nSPS) is 13.7. The number of nitrogens with zero attached hydrogens (tertiary/aromatic N) is 4. The summed E-state index contributed by atoms with van der Waals surface area (Å²) in [7, 11) is 1.98. The van der Waals surface area contributed by atoms with Crippen LogP contribution in [-0.4, -0.2) is 31.3 Å². The van der Waals surface area contributed by atoms with Gasteiger partial charge in [-0.2, -0.15) is 0 Å². The van der Waals surface area contributed by atoms with Crippen molar-refractivity contribution in [1.29, 1.82) is 0 Å². The number of aromatic nitrogens is 3. The molecule has 4 rings (SSSR count). The van der Waals surface area contributed by atoms with Crippen molar-refractivity contribution >= 4 is 17.7 Å². The molecule has 1 saturated carbocycles. The average Bonchev–Trinajstić information content (AvgIpc) is 3.26. The van der Waals surface area contributed by atoms with Crippen LogP contribution in [0.3, 0.4) is 0 Å². The van der Waals surface area contributed by atoms with Crippen LogP contribution in [0, 0.1) is 0 Å². The van der Waals surface area contributed by atoms with Crippen molar-refractivity contribution in [2.75, 3.05) is 5.75 Å². The van der Waals surface area contributed by atoms with Crippen LogP contribution in [0.1, 0.15) is 35.9 Å². The third-order valence-corrected chi connectivity index (χ3v) is 5.64. The number of amides is 1. The minimum atomic E-state index is 0.0521. The van der Waals surface area contributed by atoms with Gasteiger partial charge in [-0.05, 0) is 30.5 Å². The van der Waals surface area contributed by atoms with Crippen molar-refractivity contribution in [3.63, 3.8) is 0 Å². The largest absolute Gasteiger partial charge is 0.467 e. The van der Waals surface area contributed by atoms with E-state index in [4.69, 9.17) is 4.42 Å². The summed E-state index contributed by atoms with van der Waals surface area (Å²) in [5.41, 5.74) is 1.09. The lowest BCUT2D eigenvalue weighted by Crippen LogP contribution is -2.31. The van der Waals surface area contributed by atoms with Gasteiger partial charge in [0.2, 0.25) is 5.91 Å². The van der Waals surface area contributed by atoms with Crippen molar-refractivity contribution in [2.45, 2.75) is 37.0 Å². The first kappa shape index (κ1) is 17.9. The first-order valence-electron chi connectivity index (χ1n) is 9.07. The van der Waals surface area contributed by atoms with E-state index in [-0.39, 0.29) is 5.91 Å². The highest BCUT2D eigenvalue weighted by Crippen LogP contribution is 2.39. The van der Waals surface area contributed by atoms with Crippen LogP contribution in [0.2, 0.25) is 0 Å². The molecule has 1 aromatic carbocycles. The predicted molar refractivity (Wildman–Crippen MR) is 103 cm³/mol. The van der Waals surface area contributed by atoms with Gasteiger partial charge in [0.05, 0.1) is 18.6 Å². The molecular formula is C20H22N4O2S. The molecule has 0 saturated heterocycles. The summed E-state index contributed by atoms with van der Waals surface area (Å²) >= 11 is 1.44. The number of furan rings is 1. The molecule has 7 heteroatoms. The molecule has 27 heavy (non-hydrogen) atoms. The van der Waals surface area contributed by atoms with Crippen LogP contribution in [0.5, 0.6) is 0 Å². The van der Waals surface area contributed by atoms with Crippen molar-refractivity contribution in [1.82, 2.24) is 19.7 Å². The molecule has 0 atom stereocenters. The van der Waals surface area contributed by atoms with Gasteiger partial charge in [0.25, 0.3) is 0 Å². The van der Waals surface area contributed by atoms with Gasteiger partial charge >= 0.3 is 0 Å². The van der Waals surface area contributed by atoms with E-state index in [1.807, 2.05) is 59.0 Å². The maximum atomic E-state index is 12.9. The molecule has 1 aliphatic rings. The fourth-order valence-corrected chi connectivity index (χ4v) is 3.81. The second-order valence-corrected chi connectivity index (χ2v) is 7.72. The Bertz CT molecular complexity index is 888. The van der Waals surface area contributed by atoms with Gasteiger partial charge in [-0.15, -0.1) is 10.2 Å². The van der Waals surface area contributed by atoms with Gasteiger partial charge in [0.1, 0.15) is 11.6 Å². The van der Waals surface area contributed by atoms with Crippen molar-refractivity contribution in [2.24, 2.45) is 7.05 Å². The lowest BCUT2D eigenvalue weighted by Gasteiger charge is -2.21. The highest BCUT2D eigenvalue weighted by molar-refractivity contribution is 7.99. The molecule has 0 radical (unpaired) electrons. The zero-order valence-electron chi connectivity index (χ0n) is 15.2. The second-order valence-electron chi connectivity index (χ2n) is 6.78. The van der Waals surface area contributed by atoms with E-state index < -0.39 is 0 Å². The number of benzene rings is 1. The molecule has 2 aromatic heterocycles. The second kappa shape index (κ2) is 8.00. The number of thioether (sulfide) groups is 1. The highest BCUT2D eigenvalue weighted by Gasteiger charge is 2.29. The monoisotopic (exact) mass is 382 g/mol. The molecule has 0 unspecified atom stereocenters. The van der Waals surface area contributed by atoms with Crippen LogP contribution < -0.4 is 0 Å². The molecule has 1 fully saturated rings. The van der Waals surface area contributed by atoms with Gasteiger partial charge < -0.3 is 13.9 Å². The van der Waals surface area contributed by atoms with Crippen molar-refractivity contribution in [3.8, 4) is 0 Å². The van der Waals surface area contributed by atoms with Crippen molar-refractivity contribution in [3.05, 3.63) is 65.9 Å². The van der Waals surface area contributed by atoms with Crippen LogP contribution in [0.15, 0.2) is 58.3 Å². The predicted octanol–water partition coefficient (Wildman–Crippen LogP) is 3.61. The van der Waals surface area contributed by atoms with Crippen LogP contribution in [0.25, 0.3) is 0 Å². The molecule has 0 bridgehead atoms. The lowest BCUT2D eigenvalue weighted by atomic mass is 10.2. The fraction of sp³-hybridized carbons (Fsp3) is 0.350. The Labute approximate surface area is 162 Å². The molecule has 3 aromatic rings. The molecule has 0 N–H and O–H groups in total. The maximum Gasteiger partial charge on any atom is 0.233 e. The molecule has 140 valence electrons. The van der Waals surface area contributed by atoms with E-state index >= 15 is 0 Å². The van der Waals surface area contributed by atoms with Gasteiger partial charge in [-0.1, -0.05) is 42.1 Å². The Morgan fingerprint density at radius 3 is 2.70 bits per heavy atom. The summed E-state index contributed by atoms with van der Waals surface area (Å²) in [6, 6.07) is 13.7. The molecule has 0 spiro atoms. The van der Waals surface area contributed by atoms with E-state index in [0.29, 0.717) is 24.8 Å². The molecular weight excluding hydrogens is 360 g/mol. The number of carbonyl (C=O) groups excluding carboxylic acids is 1. The Morgan fingerprint density at radius 2 is 2.00 bits per heavy atom. The number of rotatable bonds is 8. The zero-order chi connectivity index (χ0) is 18.6. The van der Waals surface area contributed by atoms with Gasteiger partial charge in [0.15, 0.2) is 5.16 Å². The maximum absolute atomic E-state index is 12.9. The van der Waals surface area contributed by atoms with Crippen LogP contribution in [-0.2, 0) is 24.9 Å². The first-order valence-corrected chi connectivity index (χ1v) is 10.1. The Balaban J connectivity index is 1.43. The van der Waals surface area contributed by atoms with Crippen LogP contribution >= 0.6 is 11.8 Å². The molecule has 0 aliphatic heterocycles. The number of carbonyl (C=O) groups is 1. The van der Waals surface area contributed by atoms with E-state index in [1.54, 1.807) is 6.26 Å².